The molecular weight excluding hydrogens is 262 g/mol. The Bertz CT molecular complexity index is 571. The van der Waals surface area contributed by atoms with Crippen molar-refractivity contribution in [1.82, 2.24) is 0 Å². The Balaban J connectivity index is 3.12. The van der Waals surface area contributed by atoms with Crippen molar-refractivity contribution in [3.8, 4) is 0 Å². The molecule has 0 saturated carbocycles. The number of rotatable bonds is 3. The van der Waals surface area contributed by atoms with Crippen LogP contribution < -0.4 is 0 Å². The zero-order valence-corrected chi connectivity index (χ0v) is 11.1. The highest BCUT2D eigenvalue weighted by atomic mass is 32.2. The number of ketones is 1. The molecule has 0 radical (unpaired) electrons. The second kappa shape index (κ2) is 4.76. The fourth-order valence-corrected chi connectivity index (χ4v) is 2.76. The summed E-state index contributed by atoms with van der Waals surface area (Å²) in [5.74, 6) is -3.37. The summed E-state index contributed by atoms with van der Waals surface area (Å²) in [5, 5.41) is 0. The number of Topliss-reactive ketones (excluding diaryl/α,β-unsaturated/α-hetero) is 1. The number of sulfone groups is 1. The SMILES string of the molecule is CC(C)(C)C(=O)CS(=O)(=O)c1ccc(F)cc1F. The van der Waals surface area contributed by atoms with Crippen LogP contribution in [0.2, 0.25) is 0 Å². The van der Waals surface area contributed by atoms with Gasteiger partial charge in [-0.2, -0.15) is 0 Å². The van der Waals surface area contributed by atoms with E-state index in [4.69, 9.17) is 0 Å². The lowest BCUT2D eigenvalue weighted by molar-refractivity contribution is -0.123. The predicted molar refractivity (Wildman–Crippen MR) is 62.9 cm³/mol. The molecule has 0 fully saturated rings. The first kappa shape index (κ1) is 14.8. The topological polar surface area (TPSA) is 51.2 Å². The summed E-state index contributed by atoms with van der Waals surface area (Å²) in [7, 11) is -4.08. The van der Waals surface area contributed by atoms with Gasteiger partial charge >= 0.3 is 0 Å². The zero-order chi connectivity index (χ0) is 14.1. The third kappa shape index (κ3) is 3.35. The fraction of sp³-hybridized carbons (Fsp3) is 0.417. The van der Waals surface area contributed by atoms with E-state index in [1.165, 1.54) is 0 Å². The normalized spacial score (nSPS) is 12.5. The van der Waals surface area contributed by atoms with E-state index in [2.05, 4.69) is 0 Å². The molecule has 0 saturated heterocycles. The second-order valence-corrected chi connectivity index (χ2v) is 6.97. The van der Waals surface area contributed by atoms with Crippen molar-refractivity contribution in [2.45, 2.75) is 25.7 Å². The minimum Gasteiger partial charge on any atom is -0.298 e. The molecule has 6 heteroatoms. The molecule has 18 heavy (non-hydrogen) atoms. The monoisotopic (exact) mass is 276 g/mol. The summed E-state index contributed by atoms with van der Waals surface area (Å²) in [6.45, 7) is 4.73. The molecule has 1 aromatic carbocycles. The van der Waals surface area contributed by atoms with Crippen molar-refractivity contribution >= 4 is 15.6 Å². The van der Waals surface area contributed by atoms with E-state index < -0.39 is 43.3 Å². The highest BCUT2D eigenvalue weighted by Gasteiger charge is 2.29. The number of hydrogen-bond donors (Lipinski definition) is 0. The molecule has 0 aliphatic rings. The van der Waals surface area contributed by atoms with Crippen LogP contribution in [-0.4, -0.2) is 20.0 Å². The Labute approximate surface area is 105 Å². The second-order valence-electron chi connectivity index (χ2n) is 5.01. The number of hydrogen-bond acceptors (Lipinski definition) is 3. The van der Waals surface area contributed by atoms with Gasteiger partial charge in [-0.15, -0.1) is 0 Å². The molecule has 0 aromatic heterocycles. The fourth-order valence-electron chi connectivity index (χ4n) is 1.19. The van der Waals surface area contributed by atoms with Crippen LogP contribution in [0, 0.1) is 17.0 Å². The van der Waals surface area contributed by atoms with Gasteiger partial charge in [0.2, 0.25) is 0 Å². The van der Waals surface area contributed by atoms with Gasteiger partial charge in [0.1, 0.15) is 22.3 Å². The van der Waals surface area contributed by atoms with E-state index in [1.807, 2.05) is 0 Å². The molecule has 0 heterocycles. The van der Waals surface area contributed by atoms with Crippen LogP contribution in [0.5, 0.6) is 0 Å². The first-order chi connectivity index (χ1) is 8.04. The van der Waals surface area contributed by atoms with Crippen molar-refractivity contribution < 1.29 is 22.0 Å². The van der Waals surface area contributed by atoms with Crippen LogP contribution in [0.1, 0.15) is 20.8 Å². The van der Waals surface area contributed by atoms with E-state index in [1.54, 1.807) is 20.8 Å². The van der Waals surface area contributed by atoms with Gasteiger partial charge in [-0.05, 0) is 12.1 Å². The molecule has 1 aromatic rings. The average molecular weight is 276 g/mol. The van der Waals surface area contributed by atoms with Gasteiger partial charge < -0.3 is 0 Å². The van der Waals surface area contributed by atoms with Crippen molar-refractivity contribution in [1.29, 1.82) is 0 Å². The summed E-state index contributed by atoms with van der Waals surface area (Å²) < 4.78 is 49.7. The molecule has 100 valence electrons. The Morgan fingerprint density at radius 2 is 1.78 bits per heavy atom. The molecule has 3 nitrogen and oxygen atoms in total. The van der Waals surface area contributed by atoms with Crippen LogP contribution in [0.15, 0.2) is 23.1 Å². The maximum atomic E-state index is 13.4. The lowest BCUT2D eigenvalue weighted by atomic mass is 9.92. The summed E-state index contributed by atoms with van der Waals surface area (Å²) >= 11 is 0. The summed E-state index contributed by atoms with van der Waals surface area (Å²) in [5.41, 5.74) is -0.830. The van der Waals surface area contributed by atoms with Crippen LogP contribution in [0.4, 0.5) is 8.78 Å². The summed E-state index contributed by atoms with van der Waals surface area (Å²) in [6, 6.07) is 2.15. The molecule has 1 rings (SSSR count). The third-order valence-corrected chi connectivity index (χ3v) is 4.03. The highest BCUT2D eigenvalue weighted by Crippen LogP contribution is 2.21. The lowest BCUT2D eigenvalue weighted by Crippen LogP contribution is -2.28. The summed E-state index contributed by atoms with van der Waals surface area (Å²) in [6.07, 6.45) is 0. The minimum absolute atomic E-state index is 0.481. The van der Waals surface area contributed by atoms with Gasteiger partial charge in [0.25, 0.3) is 0 Å². The van der Waals surface area contributed by atoms with Crippen molar-refractivity contribution in [3.05, 3.63) is 29.8 Å². The number of carbonyl (C=O) groups is 1. The molecule has 0 N–H and O–H groups in total. The van der Waals surface area contributed by atoms with E-state index in [-0.39, 0.29) is 0 Å². The molecular formula is C12H14F2O3S. The first-order valence-corrected chi connectivity index (χ1v) is 6.90. The highest BCUT2D eigenvalue weighted by molar-refractivity contribution is 7.92. The molecule has 0 aliphatic carbocycles. The smallest absolute Gasteiger partial charge is 0.188 e. The van der Waals surface area contributed by atoms with Gasteiger partial charge in [-0.1, -0.05) is 20.8 Å². The van der Waals surface area contributed by atoms with E-state index in [0.29, 0.717) is 6.07 Å². The first-order valence-electron chi connectivity index (χ1n) is 5.25. The zero-order valence-electron chi connectivity index (χ0n) is 10.3. The standard InChI is InChI=1S/C12H14F2O3S/c1-12(2,3)11(15)7-18(16,17)10-5-4-8(13)6-9(10)14/h4-6H,7H2,1-3H3. The average Bonchev–Trinajstić information content (AvgIpc) is 2.14. The van der Waals surface area contributed by atoms with Crippen molar-refractivity contribution in [3.63, 3.8) is 0 Å². The quantitative estimate of drug-likeness (QED) is 0.796. The largest absolute Gasteiger partial charge is 0.298 e. The molecule has 0 bridgehead atoms. The van der Waals surface area contributed by atoms with Gasteiger partial charge in [0.05, 0.1) is 0 Å². The Morgan fingerprint density at radius 3 is 2.22 bits per heavy atom. The minimum atomic E-state index is -4.08. The molecule has 0 amide bonds. The lowest BCUT2D eigenvalue weighted by Gasteiger charge is -2.16. The molecule has 0 atom stereocenters. The molecule has 0 unspecified atom stereocenters. The summed E-state index contributed by atoms with van der Waals surface area (Å²) in [4.78, 5) is 11.0. The maximum Gasteiger partial charge on any atom is 0.188 e. The van der Waals surface area contributed by atoms with E-state index in [9.17, 15) is 22.0 Å². The van der Waals surface area contributed by atoms with Crippen LogP contribution in [0.3, 0.4) is 0 Å². The van der Waals surface area contributed by atoms with Crippen LogP contribution >= 0.6 is 0 Å². The van der Waals surface area contributed by atoms with Crippen molar-refractivity contribution in [2.75, 3.05) is 5.75 Å². The third-order valence-electron chi connectivity index (χ3n) is 2.39. The number of halogens is 2. The predicted octanol–water partition coefficient (Wildman–Crippen LogP) is 2.35. The van der Waals surface area contributed by atoms with E-state index in [0.717, 1.165) is 12.1 Å². The van der Waals surface area contributed by atoms with Gasteiger partial charge in [0.15, 0.2) is 15.6 Å². The Morgan fingerprint density at radius 1 is 1.22 bits per heavy atom. The van der Waals surface area contributed by atoms with Crippen molar-refractivity contribution in [2.24, 2.45) is 5.41 Å². The van der Waals surface area contributed by atoms with Gasteiger partial charge in [-0.25, -0.2) is 17.2 Å². The number of carbonyl (C=O) groups excluding carboxylic acids is 1. The Kier molecular flexibility index (Phi) is 3.90. The molecule has 0 aliphatic heterocycles. The van der Waals surface area contributed by atoms with E-state index >= 15 is 0 Å². The van der Waals surface area contributed by atoms with Gasteiger partial charge in [0, 0.05) is 11.5 Å². The number of benzene rings is 1. The van der Waals surface area contributed by atoms with Gasteiger partial charge in [-0.3, -0.25) is 4.79 Å². The maximum absolute atomic E-state index is 13.4. The Hall–Kier alpha value is -1.30. The molecule has 0 spiro atoms. The van der Waals surface area contributed by atoms with Crippen LogP contribution in [0.25, 0.3) is 0 Å². The van der Waals surface area contributed by atoms with Crippen LogP contribution in [-0.2, 0) is 14.6 Å².